The maximum atomic E-state index is 12.7. The van der Waals surface area contributed by atoms with E-state index in [9.17, 15) is 8.78 Å². The molecule has 22 heavy (non-hydrogen) atoms. The van der Waals surface area contributed by atoms with Gasteiger partial charge in [0.15, 0.2) is 0 Å². The summed E-state index contributed by atoms with van der Waals surface area (Å²) in [5, 5.41) is 3.37. The highest BCUT2D eigenvalue weighted by atomic mass is 19.3. The first-order valence-corrected chi connectivity index (χ1v) is 8.24. The second-order valence-corrected chi connectivity index (χ2v) is 6.19. The second-order valence-electron chi connectivity index (χ2n) is 6.19. The minimum atomic E-state index is -2.77. The number of para-hydroxylation sites is 1. The van der Waals surface area contributed by atoms with E-state index >= 15 is 0 Å². The van der Waals surface area contributed by atoms with Gasteiger partial charge >= 0.3 is 6.61 Å². The van der Waals surface area contributed by atoms with E-state index in [1.165, 1.54) is 25.7 Å². The Labute approximate surface area is 130 Å². The number of benzene rings is 1. The third kappa shape index (κ3) is 3.58. The smallest absolute Gasteiger partial charge is 0.387 e. The summed E-state index contributed by atoms with van der Waals surface area (Å²) in [6, 6.07) is 7.52. The Kier molecular flexibility index (Phi) is 5.26. The number of halogens is 2. The van der Waals surface area contributed by atoms with Crippen molar-refractivity contribution in [3.05, 3.63) is 29.8 Å². The molecule has 1 aromatic carbocycles. The van der Waals surface area contributed by atoms with Gasteiger partial charge in [0, 0.05) is 37.8 Å². The number of hydrogen-bond donors (Lipinski definition) is 1. The van der Waals surface area contributed by atoms with E-state index in [2.05, 4.69) is 10.2 Å². The minimum Gasteiger partial charge on any atom is -0.434 e. The Bertz CT molecular complexity index is 471. The topological polar surface area (TPSA) is 24.5 Å². The van der Waals surface area contributed by atoms with E-state index in [1.54, 1.807) is 12.1 Å². The van der Waals surface area contributed by atoms with E-state index in [-0.39, 0.29) is 6.04 Å². The van der Waals surface area contributed by atoms with Gasteiger partial charge in [0.2, 0.25) is 0 Å². The fourth-order valence-electron chi connectivity index (χ4n) is 3.91. The molecule has 1 saturated carbocycles. The van der Waals surface area contributed by atoms with Crippen molar-refractivity contribution in [2.24, 2.45) is 5.92 Å². The van der Waals surface area contributed by atoms with Crippen molar-refractivity contribution in [3.63, 3.8) is 0 Å². The molecule has 0 bridgehead atoms. The number of piperazine rings is 1. The average Bonchev–Trinajstić information content (AvgIpc) is 3.04. The maximum Gasteiger partial charge on any atom is 0.387 e. The molecule has 1 aliphatic carbocycles. The Morgan fingerprint density at radius 3 is 2.45 bits per heavy atom. The highest BCUT2D eigenvalue weighted by molar-refractivity contribution is 5.36. The lowest BCUT2D eigenvalue weighted by molar-refractivity contribution is -0.0516. The van der Waals surface area contributed by atoms with Gasteiger partial charge in [0.25, 0.3) is 0 Å². The largest absolute Gasteiger partial charge is 0.434 e. The molecule has 1 aromatic rings. The molecule has 0 amide bonds. The molecule has 0 radical (unpaired) electrons. The van der Waals surface area contributed by atoms with Gasteiger partial charge in [-0.25, -0.2) is 0 Å². The van der Waals surface area contributed by atoms with Gasteiger partial charge in [-0.1, -0.05) is 31.0 Å². The molecule has 2 aliphatic rings. The predicted molar refractivity (Wildman–Crippen MR) is 82.2 cm³/mol. The Hall–Kier alpha value is -1.20. The third-order valence-corrected chi connectivity index (χ3v) is 4.85. The van der Waals surface area contributed by atoms with E-state index in [1.807, 2.05) is 12.1 Å². The molecule has 1 N–H and O–H groups in total. The van der Waals surface area contributed by atoms with Crippen LogP contribution in [0.15, 0.2) is 24.3 Å². The Morgan fingerprint density at radius 1 is 1.09 bits per heavy atom. The van der Waals surface area contributed by atoms with Crippen molar-refractivity contribution < 1.29 is 13.5 Å². The number of alkyl halides is 2. The summed E-state index contributed by atoms with van der Waals surface area (Å²) in [6.45, 7) is 1.07. The van der Waals surface area contributed by atoms with E-state index in [0.29, 0.717) is 11.7 Å². The number of nitrogens with zero attached hydrogens (tertiary/aromatic N) is 1. The van der Waals surface area contributed by atoms with Crippen molar-refractivity contribution in [1.29, 1.82) is 0 Å². The number of rotatable bonds is 5. The molecule has 1 heterocycles. The van der Waals surface area contributed by atoms with Crippen LogP contribution in [-0.4, -0.2) is 37.7 Å². The summed E-state index contributed by atoms with van der Waals surface area (Å²) in [4.78, 5) is 2.44. The van der Waals surface area contributed by atoms with Crippen molar-refractivity contribution in [1.82, 2.24) is 10.2 Å². The molecule has 2 fully saturated rings. The molecule has 3 rings (SSSR count). The standard InChI is InChI=1S/C17H24F2N2O/c18-17(19)22-15-8-4-3-7-14(15)16(13-5-1-2-6-13)21-11-9-20-10-12-21/h3-4,7-8,13,16-17,20H,1-2,5-6,9-12H2/t16-/m0/s1. The number of hydrogen-bond acceptors (Lipinski definition) is 3. The molecule has 3 nitrogen and oxygen atoms in total. The van der Waals surface area contributed by atoms with Crippen LogP contribution in [0.3, 0.4) is 0 Å². The predicted octanol–water partition coefficient (Wildman–Crippen LogP) is 3.42. The molecule has 0 spiro atoms. The Balaban J connectivity index is 1.90. The zero-order chi connectivity index (χ0) is 15.4. The fraction of sp³-hybridized carbons (Fsp3) is 0.647. The molecular weight excluding hydrogens is 286 g/mol. The van der Waals surface area contributed by atoms with E-state index in [4.69, 9.17) is 4.74 Å². The molecule has 1 saturated heterocycles. The molecular formula is C17H24F2N2O. The third-order valence-electron chi connectivity index (χ3n) is 4.85. The normalized spacial score (nSPS) is 22.1. The van der Waals surface area contributed by atoms with Gasteiger partial charge in [-0.3, -0.25) is 4.90 Å². The van der Waals surface area contributed by atoms with Crippen LogP contribution in [0.4, 0.5) is 8.78 Å². The average molecular weight is 310 g/mol. The summed E-state index contributed by atoms with van der Waals surface area (Å²) < 4.78 is 30.3. The summed E-state index contributed by atoms with van der Waals surface area (Å²) >= 11 is 0. The van der Waals surface area contributed by atoms with Crippen molar-refractivity contribution in [3.8, 4) is 5.75 Å². The first-order chi connectivity index (χ1) is 10.8. The summed E-state index contributed by atoms with van der Waals surface area (Å²) in [5.41, 5.74) is 0.927. The minimum absolute atomic E-state index is 0.194. The fourth-order valence-corrected chi connectivity index (χ4v) is 3.91. The summed E-state index contributed by atoms with van der Waals surface area (Å²) in [7, 11) is 0. The zero-order valence-electron chi connectivity index (χ0n) is 12.8. The second kappa shape index (κ2) is 7.38. The van der Waals surface area contributed by atoms with Crippen molar-refractivity contribution in [2.75, 3.05) is 26.2 Å². The van der Waals surface area contributed by atoms with E-state index in [0.717, 1.165) is 31.7 Å². The lowest BCUT2D eigenvalue weighted by Crippen LogP contribution is -2.46. The number of nitrogens with one attached hydrogen (secondary N) is 1. The van der Waals surface area contributed by atoms with Gasteiger partial charge in [-0.05, 0) is 24.8 Å². The first kappa shape index (κ1) is 15.7. The monoisotopic (exact) mass is 310 g/mol. The molecule has 0 unspecified atom stereocenters. The maximum absolute atomic E-state index is 12.7. The molecule has 0 aromatic heterocycles. The van der Waals surface area contributed by atoms with Crippen LogP contribution in [0.25, 0.3) is 0 Å². The van der Waals surface area contributed by atoms with Gasteiger partial charge < -0.3 is 10.1 Å². The highest BCUT2D eigenvalue weighted by Crippen LogP contribution is 2.42. The summed E-state index contributed by atoms with van der Waals surface area (Å²) in [6.07, 6.45) is 4.84. The van der Waals surface area contributed by atoms with Crippen LogP contribution in [0.5, 0.6) is 5.75 Å². The highest BCUT2D eigenvalue weighted by Gasteiger charge is 2.33. The van der Waals surface area contributed by atoms with Crippen LogP contribution in [0.1, 0.15) is 37.3 Å². The molecule has 1 aliphatic heterocycles. The Morgan fingerprint density at radius 2 is 1.77 bits per heavy atom. The molecule has 122 valence electrons. The SMILES string of the molecule is FC(F)Oc1ccccc1[C@H](C1CCCC1)N1CCNCC1. The molecule has 5 heteroatoms. The van der Waals surface area contributed by atoms with Gasteiger partial charge in [0.05, 0.1) is 0 Å². The number of ether oxygens (including phenoxy) is 1. The van der Waals surface area contributed by atoms with Gasteiger partial charge in [-0.15, -0.1) is 0 Å². The quantitative estimate of drug-likeness (QED) is 0.902. The van der Waals surface area contributed by atoms with Crippen LogP contribution >= 0.6 is 0 Å². The van der Waals surface area contributed by atoms with Crippen LogP contribution in [0, 0.1) is 5.92 Å². The summed E-state index contributed by atoms with van der Waals surface area (Å²) in [5.74, 6) is 0.883. The van der Waals surface area contributed by atoms with Crippen LogP contribution in [0.2, 0.25) is 0 Å². The molecule has 1 atom stereocenters. The van der Waals surface area contributed by atoms with Gasteiger partial charge in [-0.2, -0.15) is 8.78 Å². The van der Waals surface area contributed by atoms with Crippen molar-refractivity contribution >= 4 is 0 Å². The zero-order valence-corrected chi connectivity index (χ0v) is 12.8. The lowest BCUT2D eigenvalue weighted by Gasteiger charge is -2.39. The van der Waals surface area contributed by atoms with E-state index < -0.39 is 6.61 Å². The van der Waals surface area contributed by atoms with Crippen LogP contribution in [-0.2, 0) is 0 Å². The lowest BCUT2D eigenvalue weighted by atomic mass is 9.89. The van der Waals surface area contributed by atoms with Gasteiger partial charge in [0.1, 0.15) is 5.75 Å². The first-order valence-electron chi connectivity index (χ1n) is 8.24. The van der Waals surface area contributed by atoms with Crippen LogP contribution < -0.4 is 10.1 Å². The van der Waals surface area contributed by atoms with Crippen molar-refractivity contribution in [2.45, 2.75) is 38.3 Å².